The van der Waals surface area contributed by atoms with Gasteiger partial charge in [-0.15, -0.1) is 0 Å². The fourth-order valence-electron chi connectivity index (χ4n) is 3.06. The van der Waals surface area contributed by atoms with Gasteiger partial charge in [0.15, 0.2) is 0 Å². The van der Waals surface area contributed by atoms with E-state index >= 15 is 0 Å². The highest BCUT2D eigenvalue weighted by molar-refractivity contribution is 7.89. The number of ether oxygens (including phenoxy) is 1. The van der Waals surface area contributed by atoms with Crippen LogP contribution in [0.4, 0.5) is 5.69 Å². The molecule has 0 fully saturated rings. The molecule has 1 aromatic carbocycles. The molecule has 2 aromatic rings. The fourth-order valence-corrected chi connectivity index (χ4v) is 4.85. The monoisotopic (exact) mass is 486 g/mol. The van der Waals surface area contributed by atoms with Crippen LogP contribution >= 0.6 is 11.6 Å². The van der Waals surface area contributed by atoms with Crippen molar-refractivity contribution in [3.63, 3.8) is 0 Å². The molecular formula is C20H27ClN4O6S. The number of amides is 1. The minimum atomic E-state index is -4.21. The van der Waals surface area contributed by atoms with E-state index in [2.05, 4.69) is 0 Å². The van der Waals surface area contributed by atoms with Crippen molar-refractivity contribution in [2.45, 2.75) is 31.3 Å². The summed E-state index contributed by atoms with van der Waals surface area (Å²) in [5, 5.41) is 11.0. The smallest absolute Gasteiger partial charge is 0.289 e. The number of halogens is 1. The first-order valence-corrected chi connectivity index (χ1v) is 11.6. The van der Waals surface area contributed by atoms with E-state index in [0.29, 0.717) is 0 Å². The van der Waals surface area contributed by atoms with Crippen LogP contribution in [0.1, 0.15) is 19.5 Å². The number of hydrogen-bond donors (Lipinski definition) is 0. The summed E-state index contributed by atoms with van der Waals surface area (Å²) < 4.78 is 34.5. The van der Waals surface area contributed by atoms with Crippen LogP contribution < -0.4 is 0 Å². The number of carbonyl (C=O) groups excluding carboxylic acids is 1. The predicted octanol–water partition coefficient (Wildman–Crippen LogP) is 2.66. The van der Waals surface area contributed by atoms with E-state index in [-0.39, 0.29) is 29.6 Å². The maximum Gasteiger partial charge on any atom is 0.289 e. The Labute approximate surface area is 192 Å². The summed E-state index contributed by atoms with van der Waals surface area (Å²) in [5.74, 6) is -0.413. The Bertz CT molecular complexity index is 1070. The molecule has 0 aliphatic rings. The number of carbonyl (C=O) groups is 1. The molecule has 1 aromatic heterocycles. The zero-order chi connectivity index (χ0) is 24.1. The van der Waals surface area contributed by atoms with Crippen LogP contribution in [0.5, 0.6) is 0 Å². The number of rotatable bonds is 11. The number of benzene rings is 1. The molecule has 0 unspecified atom stereocenters. The van der Waals surface area contributed by atoms with Gasteiger partial charge in [-0.1, -0.05) is 11.6 Å². The molecule has 0 atom stereocenters. The molecular weight excluding hydrogens is 460 g/mol. The van der Waals surface area contributed by atoms with Gasteiger partial charge in [-0.25, -0.2) is 8.42 Å². The Morgan fingerprint density at radius 2 is 2.00 bits per heavy atom. The van der Waals surface area contributed by atoms with E-state index in [0.717, 1.165) is 22.1 Å². The molecule has 1 heterocycles. The SMILES string of the molecule is COCCN(Cc1cccn1C)C(=O)CN(C(C)C)S(=O)(=O)c1ccc(Cl)c([N+](=O)[O-])c1. The lowest BCUT2D eigenvalue weighted by Gasteiger charge is -2.29. The molecule has 0 bridgehead atoms. The molecule has 0 spiro atoms. The van der Waals surface area contributed by atoms with Crippen LogP contribution in [0, 0.1) is 10.1 Å². The van der Waals surface area contributed by atoms with Crippen LogP contribution in [0.3, 0.4) is 0 Å². The number of aryl methyl sites for hydroxylation is 1. The Morgan fingerprint density at radius 1 is 1.31 bits per heavy atom. The van der Waals surface area contributed by atoms with Crippen molar-refractivity contribution < 1.29 is 22.9 Å². The molecule has 1 amide bonds. The van der Waals surface area contributed by atoms with E-state index in [4.69, 9.17) is 16.3 Å². The van der Waals surface area contributed by atoms with Gasteiger partial charge in [0.05, 0.1) is 29.5 Å². The Morgan fingerprint density at radius 3 is 2.53 bits per heavy atom. The van der Waals surface area contributed by atoms with E-state index in [1.54, 1.807) is 13.8 Å². The molecule has 0 N–H and O–H groups in total. The molecule has 12 heteroatoms. The fraction of sp³-hybridized carbons (Fsp3) is 0.450. The average molecular weight is 487 g/mol. The van der Waals surface area contributed by atoms with Crippen LogP contribution in [-0.2, 0) is 33.1 Å². The van der Waals surface area contributed by atoms with Crippen molar-refractivity contribution in [3.8, 4) is 0 Å². The van der Waals surface area contributed by atoms with Crippen molar-refractivity contribution in [3.05, 3.63) is 57.4 Å². The summed E-state index contributed by atoms with van der Waals surface area (Å²) in [7, 11) is -0.835. The summed E-state index contributed by atoms with van der Waals surface area (Å²) >= 11 is 5.81. The number of aromatic nitrogens is 1. The van der Waals surface area contributed by atoms with E-state index in [9.17, 15) is 23.3 Å². The van der Waals surface area contributed by atoms with Crippen molar-refractivity contribution >= 4 is 33.2 Å². The van der Waals surface area contributed by atoms with Gasteiger partial charge in [-0.2, -0.15) is 4.31 Å². The molecule has 0 radical (unpaired) electrons. The van der Waals surface area contributed by atoms with E-state index in [1.807, 2.05) is 29.9 Å². The third-order valence-corrected chi connectivity index (χ3v) is 7.25. The minimum Gasteiger partial charge on any atom is -0.383 e. The molecule has 176 valence electrons. The third-order valence-electron chi connectivity index (χ3n) is 4.91. The van der Waals surface area contributed by atoms with Crippen molar-refractivity contribution in [2.24, 2.45) is 7.05 Å². The quantitative estimate of drug-likeness (QED) is 0.356. The number of nitrogens with zero attached hydrogens (tertiary/aromatic N) is 4. The van der Waals surface area contributed by atoms with Crippen molar-refractivity contribution in [1.82, 2.24) is 13.8 Å². The lowest BCUT2D eigenvalue weighted by molar-refractivity contribution is -0.384. The Kier molecular flexibility index (Phi) is 8.79. The van der Waals surface area contributed by atoms with Gasteiger partial charge in [-0.3, -0.25) is 14.9 Å². The summed E-state index contributed by atoms with van der Waals surface area (Å²) in [6, 6.07) is 6.41. The number of methoxy groups -OCH3 is 1. The number of sulfonamides is 1. The van der Waals surface area contributed by atoms with Crippen molar-refractivity contribution in [1.29, 1.82) is 0 Å². The normalized spacial score (nSPS) is 11.8. The van der Waals surface area contributed by atoms with Gasteiger partial charge in [-0.05, 0) is 38.1 Å². The standard InChI is InChI=1S/C20H27ClN4O6S/c1-15(2)24(32(29,30)17-7-8-18(21)19(12-17)25(27)28)14-20(26)23(10-11-31-4)13-16-6-5-9-22(16)3/h5-9,12,15H,10-11,13-14H2,1-4H3. The number of hydrogen-bond acceptors (Lipinski definition) is 6. The first-order chi connectivity index (χ1) is 15.0. The Balaban J connectivity index is 2.34. The second-order valence-electron chi connectivity index (χ2n) is 7.43. The summed E-state index contributed by atoms with van der Waals surface area (Å²) in [6.45, 7) is 3.68. The first-order valence-electron chi connectivity index (χ1n) is 9.81. The Hall–Kier alpha value is -2.47. The highest BCUT2D eigenvalue weighted by Crippen LogP contribution is 2.29. The number of nitro groups is 1. The molecule has 0 aliphatic heterocycles. The summed E-state index contributed by atoms with van der Waals surface area (Å²) in [5.41, 5.74) is 0.356. The van der Waals surface area contributed by atoms with Gasteiger partial charge in [0.1, 0.15) is 5.02 Å². The van der Waals surface area contributed by atoms with Crippen molar-refractivity contribution in [2.75, 3.05) is 26.8 Å². The first kappa shape index (κ1) is 25.8. The van der Waals surface area contributed by atoms with Crippen LogP contribution in [0.15, 0.2) is 41.4 Å². The highest BCUT2D eigenvalue weighted by atomic mass is 35.5. The van der Waals surface area contributed by atoms with Gasteiger partial charge in [0.25, 0.3) is 5.69 Å². The lowest BCUT2D eigenvalue weighted by atomic mass is 10.3. The van der Waals surface area contributed by atoms with Gasteiger partial charge < -0.3 is 14.2 Å². The van der Waals surface area contributed by atoms with E-state index in [1.165, 1.54) is 18.1 Å². The van der Waals surface area contributed by atoms with E-state index < -0.39 is 39.1 Å². The van der Waals surface area contributed by atoms with Gasteiger partial charge in [0, 0.05) is 44.7 Å². The molecule has 32 heavy (non-hydrogen) atoms. The van der Waals surface area contributed by atoms with Crippen LogP contribution in [0.2, 0.25) is 5.02 Å². The second kappa shape index (κ2) is 10.9. The summed E-state index contributed by atoms with van der Waals surface area (Å²) in [6.07, 6.45) is 1.85. The van der Waals surface area contributed by atoms with Gasteiger partial charge in [0.2, 0.25) is 15.9 Å². The maximum atomic E-state index is 13.3. The minimum absolute atomic E-state index is 0.172. The second-order valence-corrected chi connectivity index (χ2v) is 9.73. The molecule has 10 nitrogen and oxygen atoms in total. The zero-order valence-corrected chi connectivity index (χ0v) is 20.0. The maximum absolute atomic E-state index is 13.3. The number of nitro benzene ring substituents is 1. The molecule has 0 saturated carbocycles. The van der Waals surface area contributed by atoms with Crippen LogP contribution in [0.25, 0.3) is 0 Å². The predicted molar refractivity (Wildman–Crippen MR) is 120 cm³/mol. The largest absolute Gasteiger partial charge is 0.383 e. The average Bonchev–Trinajstić information content (AvgIpc) is 3.12. The molecule has 2 rings (SSSR count). The van der Waals surface area contributed by atoms with Crippen LogP contribution in [-0.4, -0.2) is 65.9 Å². The third kappa shape index (κ3) is 6.06. The molecule has 0 aliphatic carbocycles. The van der Waals surface area contributed by atoms with Gasteiger partial charge >= 0.3 is 0 Å². The zero-order valence-electron chi connectivity index (χ0n) is 18.4. The summed E-state index contributed by atoms with van der Waals surface area (Å²) in [4.78, 5) is 24.8. The topological polar surface area (TPSA) is 115 Å². The highest BCUT2D eigenvalue weighted by Gasteiger charge is 2.32. The molecule has 0 saturated heterocycles. The lowest BCUT2D eigenvalue weighted by Crippen LogP contribution is -2.46.